The summed E-state index contributed by atoms with van der Waals surface area (Å²) >= 11 is 3.58. The average molecular weight is 283 g/mol. The molecule has 2 nitrogen and oxygen atoms in total. The van der Waals surface area contributed by atoms with Crippen LogP contribution in [0.5, 0.6) is 0 Å². The summed E-state index contributed by atoms with van der Waals surface area (Å²) in [6.07, 6.45) is 1.31. The Kier molecular flexibility index (Phi) is 3.55. The molecule has 16 heavy (non-hydrogen) atoms. The van der Waals surface area contributed by atoms with Gasteiger partial charge in [0.25, 0.3) is 0 Å². The third kappa shape index (κ3) is 2.58. The molecule has 2 N–H and O–H groups in total. The summed E-state index contributed by atoms with van der Waals surface area (Å²) in [6.45, 7) is 6.87. The first kappa shape index (κ1) is 11.9. The molecule has 0 radical (unpaired) electrons. The Morgan fingerprint density at radius 3 is 2.75 bits per heavy atom. The predicted octanol–water partition coefficient (Wildman–Crippen LogP) is 3.26. The van der Waals surface area contributed by atoms with Crippen LogP contribution in [0.1, 0.15) is 25.8 Å². The Morgan fingerprint density at radius 1 is 1.44 bits per heavy atom. The van der Waals surface area contributed by atoms with E-state index >= 15 is 0 Å². The first-order valence-electron chi connectivity index (χ1n) is 5.84. The Labute approximate surface area is 106 Å². The molecule has 1 aliphatic heterocycles. The number of hydrogen-bond donors (Lipinski definition) is 1. The highest BCUT2D eigenvalue weighted by Crippen LogP contribution is 2.27. The minimum Gasteiger partial charge on any atom is -0.399 e. The summed E-state index contributed by atoms with van der Waals surface area (Å²) in [5.74, 6) is 0.822. The zero-order valence-corrected chi connectivity index (χ0v) is 11.5. The molecule has 1 fully saturated rings. The van der Waals surface area contributed by atoms with Crippen molar-refractivity contribution in [2.75, 3.05) is 12.3 Å². The number of rotatable bonds is 2. The van der Waals surface area contributed by atoms with Gasteiger partial charge in [-0.3, -0.25) is 4.90 Å². The molecule has 3 heteroatoms. The van der Waals surface area contributed by atoms with Crippen molar-refractivity contribution in [2.45, 2.75) is 32.9 Å². The summed E-state index contributed by atoms with van der Waals surface area (Å²) in [5, 5.41) is 0. The van der Waals surface area contributed by atoms with E-state index in [0.717, 1.165) is 22.6 Å². The number of anilines is 1. The standard InChI is InChI=1S/C13H19BrN2/c1-9-5-10(2)16(7-9)8-11-3-4-12(15)6-13(11)14/h3-4,6,9-10H,5,7-8,15H2,1-2H3. The van der Waals surface area contributed by atoms with Crippen molar-refractivity contribution in [3.8, 4) is 0 Å². The van der Waals surface area contributed by atoms with Gasteiger partial charge in [0, 0.05) is 29.3 Å². The first-order chi connectivity index (χ1) is 7.56. The van der Waals surface area contributed by atoms with E-state index in [0.29, 0.717) is 6.04 Å². The van der Waals surface area contributed by atoms with Crippen LogP contribution in [0, 0.1) is 5.92 Å². The third-order valence-electron chi connectivity index (χ3n) is 3.36. The fourth-order valence-corrected chi connectivity index (χ4v) is 3.04. The highest BCUT2D eigenvalue weighted by Gasteiger charge is 2.26. The maximum atomic E-state index is 5.74. The van der Waals surface area contributed by atoms with Gasteiger partial charge < -0.3 is 5.73 Å². The number of benzene rings is 1. The molecule has 0 bridgehead atoms. The number of nitrogens with zero attached hydrogens (tertiary/aromatic N) is 1. The van der Waals surface area contributed by atoms with Gasteiger partial charge in [0.15, 0.2) is 0 Å². The summed E-state index contributed by atoms with van der Waals surface area (Å²) in [6, 6.07) is 6.78. The van der Waals surface area contributed by atoms with Crippen molar-refractivity contribution in [2.24, 2.45) is 5.92 Å². The Morgan fingerprint density at radius 2 is 2.19 bits per heavy atom. The zero-order valence-electron chi connectivity index (χ0n) is 9.91. The fraction of sp³-hybridized carbons (Fsp3) is 0.538. The SMILES string of the molecule is CC1CC(C)N(Cc2ccc(N)cc2Br)C1. The second-order valence-electron chi connectivity index (χ2n) is 4.97. The van der Waals surface area contributed by atoms with Gasteiger partial charge in [-0.25, -0.2) is 0 Å². The largest absolute Gasteiger partial charge is 0.399 e. The molecule has 0 aliphatic carbocycles. The van der Waals surface area contributed by atoms with E-state index in [1.165, 1.54) is 18.5 Å². The molecule has 2 rings (SSSR count). The number of halogens is 1. The molecule has 1 aromatic rings. The van der Waals surface area contributed by atoms with E-state index in [1.807, 2.05) is 12.1 Å². The minimum atomic E-state index is 0.694. The van der Waals surface area contributed by atoms with Crippen LogP contribution in [0.15, 0.2) is 22.7 Å². The second-order valence-corrected chi connectivity index (χ2v) is 5.82. The topological polar surface area (TPSA) is 29.3 Å². The molecule has 1 aliphatic rings. The van der Waals surface area contributed by atoms with E-state index in [9.17, 15) is 0 Å². The molecular formula is C13H19BrN2. The van der Waals surface area contributed by atoms with Gasteiger partial charge in [0.1, 0.15) is 0 Å². The van der Waals surface area contributed by atoms with Gasteiger partial charge in [-0.15, -0.1) is 0 Å². The molecule has 0 aromatic heterocycles. The van der Waals surface area contributed by atoms with Crippen LogP contribution in [-0.2, 0) is 6.54 Å². The number of nitrogen functional groups attached to an aromatic ring is 1. The second kappa shape index (κ2) is 4.76. The highest BCUT2D eigenvalue weighted by molar-refractivity contribution is 9.10. The predicted molar refractivity (Wildman–Crippen MR) is 72.2 cm³/mol. The van der Waals surface area contributed by atoms with Crippen molar-refractivity contribution in [1.82, 2.24) is 4.90 Å². The van der Waals surface area contributed by atoms with Crippen LogP contribution < -0.4 is 5.73 Å². The van der Waals surface area contributed by atoms with Crippen molar-refractivity contribution >= 4 is 21.6 Å². The van der Waals surface area contributed by atoms with Crippen molar-refractivity contribution in [3.63, 3.8) is 0 Å². The maximum Gasteiger partial charge on any atom is 0.0325 e. The lowest BCUT2D eigenvalue weighted by Gasteiger charge is -2.21. The summed E-state index contributed by atoms with van der Waals surface area (Å²) in [5.41, 5.74) is 7.89. The summed E-state index contributed by atoms with van der Waals surface area (Å²) in [4.78, 5) is 2.54. The molecule has 0 amide bonds. The highest BCUT2D eigenvalue weighted by atomic mass is 79.9. The van der Waals surface area contributed by atoms with Crippen LogP contribution in [0.25, 0.3) is 0 Å². The van der Waals surface area contributed by atoms with E-state index in [2.05, 4.69) is 40.7 Å². The Hall–Kier alpha value is -0.540. The van der Waals surface area contributed by atoms with Crippen molar-refractivity contribution < 1.29 is 0 Å². The zero-order chi connectivity index (χ0) is 11.7. The van der Waals surface area contributed by atoms with Gasteiger partial charge in [-0.1, -0.05) is 28.9 Å². The minimum absolute atomic E-state index is 0.694. The van der Waals surface area contributed by atoms with Crippen LogP contribution in [0.2, 0.25) is 0 Å². The third-order valence-corrected chi connectivity index (χ3v) is 4.10. The lowest BCUT2D eigenvalue weighted by atomic mass is 10.1. The molecule has 1 heterocycles. The normalized spacial score (nSPS) is 26.2. The lowest BCUT2D eigenvalue weighted by Crippen LogP contribution is -2.26. The smallest absolute Gasteiger partial charge is 0.0325 e. The van der Waals surface area contributed by atoms with Crippen LogP contribution >= 0.6 is 15.9 Å². The number of likely N-dealkylation sites (tertiary alicyclic amines) is 1. The van der Waals surface area contributed by atoms with Gasteiger partial charge in [-0.05, 0) is 37.0 Å². The van der Waals surface area contributed by atoms with E-state index in [4.69, 9.17) is 5.73 Å². The van der Waals surface area contributed by atoms with E-state index in [-0.39, 0.29) is 0 Å². The van der Waals surface area contributed by atoms with Crippen LogP contribution in [-0.4, -0.2) is 17.5 Å². The lowest BCUT2D eigenvalue weighted by molar-refractivity contribution is 0.256. The van der Waals surface area contributed by atoms with E-state index in [1.54, 1.807) is 0 Å². The molecule has 1 saturated heterocycles. The molecule has 0 saturated carbocycles. The van der Waals surface area contributed by atoms with Gasteiger partial charge in [0.05, 0.1) is 0 Å². The molecular weight excluding hydrogens is 264 g/mol. The molecule has 1 aromatic carbocycles. The van der Waals surface area contributed by atoms with Gasteiger partial charge >= 0.3 is 0 Å². The monoisotopic (exact) mass is 282 g/mol. The fourth-order valence-electron chi connectivity index (χ4n) is 2.52. The molecule has 88 valence electrons. The summed E-state index contributed by atoms with van der Waals surface area (Å²) in [7, 11) is 0. The van der Waals surface area contributed by atoms with Crippen molar-refractivity contribution in [3.05, 3.63) is 28.2 Å². The van der Waals surface area contributed by atoms with Crippen LogP contribution in [0.4, 0.5) is 5.69 Å². The molecule has 2 atom stereocenters. The molecule has 2 unspecified atom stereocenters. The van der Waals surface area contributed by atoms with Gasteiger partial charge in [0.2, 0.25) is 0 Å². The Balaban J connectivity index is 2.09. The number of hydrogen-bond acceptors (Lipinski definition) is 2. The molecule has 0 spiro atoms. The van der Waals surface area contributed by atoms with E-state index < -0.39 is 0 Å². The quantitative estimate of drug-likeness (QED) is 0.844. The maximum absolute atomic E-state index is 5.74. The van der Waals surface area contributed by atoms with Crippen molar-refractivity contribution in [1.29, 1.82) is 0 Å². The van der Waals surface area contributed by atoms with Crippen LogP contribution in [0.3, 0.4) is 0 Å². The summed E-state index contributed by atoms with van der Waals surface area (Å²) < 4.78 is 1.12. The first-order valence-corrected chi connectivity index (χ1v) is 6.63. The Bertz CT molecular complexity index is 378. The number of nitrogens with two attached hydrogens (primary N) is 1. The average Bonchev–Trinajstić information content (AvgIpc) is 2.50. The van der Waals surface area contributed by atoms with Gasteiger partial charge in [-0.2, -0.15) is 0 Å².